The Morgan fingerprint density at radius 3 is 2.73 bits per heavy atom. The van der Waals surface area contributed by atoms with E-state index in [0.717, 1.165) is 33.3 Å². The molecule has 2 heterocycles. The molecule has 0 amide bonds. The standard InChI is InChI=1S/C16H16Br2N4/c1-11(2-3-12-4-6-13(17)7-5-12)21-15-8-9-19-16-14(18)10-20-22(15)16/h4-11,21H,2-3H2,1H3. The first kappa shape index (κ1) is 15.5. The molecule has 0 aliphatic carbocycles. The van der Waals surface area contributed by atoms with Gasteiger partial charge in [-0.1, -0.05) is 28.1 Å². The Labute approximate surface area is 146 Å². The van der Waals surface area contributed by atoms with Crippen LogP contribution in [-0.4, -0.2) is 20.6 Å². The molecule has 0 radical (unpaired) electrons. The van der Waals surface area contributed by atoms with E-state index >= 15 is 0 Å². The highest BCUT2D eigenvalue weighted by Gasteiger charge is 2.09. The zero-order valence-corrected chi connectivity index (χ0v) is 15.3. The van der Waals surface area contributed by atoms with Crippen LogP contribution in [0.4, 0.5) is 5.82 Å². The maximum absolute atomic E-state index is 4.34. The van der Waals surface area contributed by atoms with Gasteiger partial charge in [0.05, 0.1) is 10.7 Å². The van der Waals surface area contributed by atoms with Crippen molar-refractivity contribution in [1.82, 2.24) is 14.6 Å². The SMILES string of the molecule is CC(CCc1ccc(Br)cc1)Nc1ccnc2c(Br)cnn12. The number of nitrogens with zero attached hydrogens (tertiary/aromatic N) is 3. The molecule has 3 rings (SSSR count). The fourth-order valence-electron chi connectivity index (χ4n) is 2.33. The molecule has 3 aromatic rings. The van der Waals surface area contributed by atoms with Gasteiger partial charge in [-0.3, -0.25) is 0 Å². The van der Waals surface area contributed by atoms with E-state index in [4.69, 9.17) is 0 Å². The maximum atomic E-state index is 4.34. The number of benzene rings is 1. The fraction of sp³-hybridized carbons (Fsp3) is 0.250. The lowest BCUT2D eigenvalue weighted by Crippen LogP contribution is -2.18. The second kappa shape index (κ2) is 6.79. The summed E-state index contributed by atoms with van der Waals surface area (Å²) in [6.07, 6.45) is 5.65. The van der Waals surface area contributed by atoms with Crippen molar-refractivity contribution in [3.63, 3.8) is 0 Å². The third-order valence-corrected chi connectivity index (χ3v) is 4.62. The summed E-state index contributed by atoms with van der Waals surface area (Å²) in [7, 11) is 0. The third-order valence-electron chi connectivity index (χ3n) is 3.53. The Morgan fingerprint density at radius 2 is 1.95 bits per heavy atom. The third kappa shape index (κ3) is 3.50. The number of anilines is 1. The van der Waals surface area contributed by atoms with E-state index in [9.17, 15) is 0 Å². The lowest BCUT2D eigenvalue weighted by molar-refractivity contribution is 0.697. The van der Waals surface area contributed by atoms with Crippen LogP contribution in [0.15, 0.2) is 51.7 Å². The van der Waals surface area contributed by atoms with E-state index in [1.807, 2.05) is 10.6 Å². The molecule has 2 aromatic heterocycles. The van der Waals surface area contributed by atoms with Gasteiger partial charge in [0.25, 0.3) is 0 Å². The highest BCUT2D eigenvalue weighted by Crippen LogP contribution is 2.19. The largest absolute Gasteiger partial charge is 0.367 e. The molecule has 4 nitrogen and oxygen atoms in total. The number of hydrogen-bond acceptors (Lipinski definition) is 3. The summed E-state index contributed by atoms with van der Waals surface area (Å²) in [4.78, 5) is 4.32. The van der Waals surface area contributed by atoms with Crippen molar-refractivity contribution in [1.29, 1.82) is 0 Å². The molecule has 1 unspecified atom stereocenters. The van der Waals surface area contributed by atoms with Crippen molar-refractivity contribution < 1.29 is 0 Å². The smallest absolute Gasteiger partial charge is 0.171 e. The minimum Gasteiger partial charge on any atom is -0.367 e. The molecule has 0 spiro atoms. The molecule has 0 saturated heterocycles. The van der Waals surface area contributed by atoms with Crippen molar-refractivity contribution in [2.75, 3.05) is 5.32 Å². The van der Waals surface area contributed by atoms with Crippen molar-refractivity contribution in [3.05, 3.63) is 57.2 Å². The summed E-state index contributed by atoms with van der Waals surface area (Å²) in [5, 5.41) is 7.85. The van der Waals surface area contributed by atoms with E-state index in [1.54, 1.807) is 12.4 Å². The average molecular weight is 424 g/mol. The van der Waals surface area contributed by atoms with Gasteiger partial charge in [-0.2, -0.15) is 9.61 Å². The molecule has 0 aliphatic heterocycles. The lowest BCUT2D eigenvalue weighted by Gasteiger charge is -2.16. The molecule has 6 heteroatoms. The number of halogens is 2. The highest BCUT2D eigenvalue weighted by molar-refractivity contribution is 9.10. The first-order chi connectivity index (χ1) is 10.6. The number of aryl methyl sites for hydroxylation is 1. The molecule has 1 atom stereocenters. The molecule has 1 N–H and O–H groups in total. The molecule has 22 heavy (non-hydrogen) atoms. The van der Waals surface area contributed by atoms with Crippen LogP contribution >= 0.6 is 31.9 Å². The first-order valence-electron chi connectivity index (χ1n) is 7.13. The van der Waals surface area contributed by atoms with E-state index in [1.165, 1.54) is 5.56 Å². The summed E-state index contributed by atoms with van der Waals surface area (Å²) in [5.41, 5.74) is 2.17. The van der Waals surface area contributed by atoms with Gasteiger partial charge < -0.3 is 5.32 Å². The van der Waals surface area contributed by atoms with Gasteiger partial charge >= 0.3 is 0 Å². The van der Waals surface area contributed by atoms with Crippen LogP contribution in [0, 0.1) is 0 Å². The first-order valence-corrected chi connectivity index (χ1v) is 8.71. The van der Waals surface area contributed by atoms with Gasteiger partial charge in [-0.25, -0.2) is 4.98 Å². The Hall–Kier alpha value is -1.40. The molecule has 0 saturated carbocycles. The van der Waals surface area contributed by atoms with Gasteiger partial charge in [0.1, 0.15) is 5.82 Å². The quantitative estimate of drug-likeness (QED) is 0.647. The molecular formula is C16H16Br2N4. The molecule has 1 aromatic carbocycles. The summed E-state index contributed by atoms with van der Waals surface area (Å²) in [6, 6.07) is 10.8. The fourth-order valence-corrected chi connectivity index (χ4v) is 2.96. The van der Waals surface area contributed by atoms with Crippen LogP contribution in [0.5, 0.6) is 0 Å². The van der Waals surface area contributed by atoms with E-state index in [-0.39, 0.29) is 0 Å². The predicted octanol–water partition coefficient (Wildman–Crippen LogP) is 4.69. The second-order valence-electron chi connectivity index (χ2n) is 5.27. The number of nitrogens with one attached hydrogen (secondary N) is 1. The van der Waals surface area contributed by atoms with Gasteiger partial charge in [0.15, 0.2) is 5.65 Å². The monoisotopic (exact) mass is 422 g/mol. The maximum Gasteiger partial charge on any atom is 0.171 e. The summed E-state index contributed by atoms with van der Waals surface area (Å²) in [6.45, 7) is 2.18. The summed E-state index contributed by atoms with van der Waals surface area (Å²) >= 11 is 6.92. The van der Waals surface area contributed by atoms with Crippen LogP contribution in [-0.2, 0) is 6.42 Å². The van der Waals surface area contributed by atoms with E-state index in [2.05, 4.69) is 78.4 Å². The Kier molecular flexibility index (Phi) is 4.78. The molecule has 0 aliphatic rings. The molecule has 0 fully saturated rings. The van der Waals surface area contributed by atoms with Crippen molar-refractivity contribution in [2.24, 2.45) is 0 Å². The van der Waals surface area contributed by atoms with Crippen molar-refractivity contribution >= 4 is 43.3 Å². The Bertz CT molecular complexity index is 767. The molecular weight excluding hydrogens is 408 g/mol. The minimum atomic E-state index is 0.345. The highest BCUT2D eigenvalue weighted by atomic mass is 79.9. The summed E-state index contributed by atoms with van der Waals surface area (Å²) in [5.74, 6) is 0.957. The zero-order chi connectivity index (χ0) is 15.5. The van der Waals surface area contributed by atoms with E-state index in [0.29, 0.717) is 6.04 Å². The normalized spacial score (nSPS) is 12.5. The van der Waals surface area contributed by atoms with Gasteiger partial charge in [-0.05, 0) is 59.5 Å². The molecule has 0 bridgehead atoms. The lowest BCUT2D eigenvalue weighted by atomic mass is 10.1. The Balaban J connectivity index is 1.65. The predicted molar refractivity (Wildman–Crippen MR) is 96.2 cm³/mol. The molecule has 114 valence electrons. The van der Waals surface area contributed by atoms with Crippen LogP contribution in [0.2, 0.25) is 0 Å². The number of rotatable bonds is 5. The van der Waals surface area contributed by atoms with Crippen LogP contribution in [0.1, 0.15) is 18.9 Å². The minimum absolute atomic E-state index is 0.345. The van der Waals surface area contributed by atoms with Crippen molar-refractivity contribution in [2.45, 2.75) is 25.8 Å². The topological polar surface area (TPSA) is 42.2 Å². The van der Waals surface area contributed by atoms with Crippen molar-refractivity contribution in [3.8, 4) is 0 Å². The van der Waals surface area contributed by atoms with Crippen LogP contribution in [0.25, 0.3) is 5.65 Å². The average Bonchev–Trinajstić information content (AvgIpc) is 2.90. The van der Waals surface area contributed by atoms with Gasteiger partial charge in [-0.15, -0.1) is 0 Å². The number of hydrogen-bond donors (Lipinski definition) is 1. The number of fused-ring (bicyclic) bond motifs is 1. The zero-order valence-electron chi connectivity index (χ0n) is 12.1. The van der Waals surface area contributed by atoms with Crippen LogP contribution < -0.4 is 5.32 Å². The van der Waals surface area contributed by atoms with Crippen LogP contribution in [0.3, 0.4) is 0 Å². The summed E-state index contributed by atoms with van der Waals surface area (Å²) < 4.78 is 3.84. The number of aromatic nitrogens is 3. The second-order valence-corrected chi connectivity index (χ2v) is 7.04. The van der Waals surface area contributed by atoms with Gasteiger partial charge in [0, 0.05) is 16.7 Å². The van der Waals surface area contributed by atoms with E-state index < -0.39 is 0 Å². The Morgan fingerprint density at radius 1 is 1.18 bits per heavy atom. The van der Waals surface area contributed by atoms with Gasteiger partial charge in [0.2, 0.25) is 0 Å².